The average Bonchev–Trinajstić information content (AvgIpc) is 3.23. The molecule has 0 amide bonds. The van der Waals surface area contributed by atoms with Crippen LogP contribution in [-0.2, 0) is 19.6 Å². The number of benzene rings is 3. The van der Waals surface area contributed by atoms with E-state index in [4.69, 9.17) is 14.2 Å². The van der Waals surface area contributed by atoms with Gasteiger partial charge in [-0.05, 0) is 29.5 Å². The Kier molecular flexibility index (Phi) is 7.71. The van der Waals surface area contributed by atoms with Crippen molar-refractivity contribution in [3.63, 3.8) is 0 Å². The number of rotatable bonds is 5. The van der Waals surface area contributed by atoms with Crippen molar-refractivity contribution in [3.8, 4) is 0 Å². The molecule has 3 aromatic rings. The second-order valence-electron chi connectivity index (χ2n) is 8.89. The SMILES string of the molecule is IC[C@H]1C[C@@]2(c3ccccc3)C[C@@H](CI)O[C@H](c3ccccc3)[C@@H](c3ccccc3)O[C@H]2O1. The first-order chi connectivity index (χ1) is 16.2. The topological polar surface area (TPSA) is 27.7 Å². The lowest BCUT2D eigenvalue weighted by molar-refractivity contribution is -0.237. The van der Waals surface area contributed by atoms with E-state index in [0.717, 1.165) is 32.8 Å². The first-order valence-electron chi connectivity index (χ1n) is 11.5. The van der Waals surface area contributed by atoms with Crippen LogP contribution in [0.1, 0.15) is 41.7 Å². The molecule has 5 heteroatoms. The van der Waals surface area contributed by atoms with Crippen molar-refractivity contribution in [3.05, 3.63) is 108 Å². The highest BCUT2D eigenvalue weighted by Gasteiger charge is 2.54. The van der Waals surface area contributed by atoms with Gasteiger partial charge in [-0.3, -0.25) is 0 Å². The van der Waals surface area contributed by atoms with Crippen molar-refractivity contribution in [2.45, 2.75) is 49.0 Å². The van der Waals surface area contributed by atoms with Crippen molar-refractivity contribution in [1.82, 2.24) is 0 Å². The minimum absolute atomic E-state index is 0.0881. The summed E-state index contributed by atoms with van der Waals surface area (Å²) >= 11 is 4.91. The van der Waals surface area contributed by atoms with Crippen molar-refractivity contribution in [2.24, 2.45) is 0 Å². The summed E-state index contributed by atoms with van der Waals surface area (Å²) in [6.45, 7) is 0. The molecule has 2 heterocycles. The van der Waals surface area contributed by atoms with Crippen LogP contribution in [0.2, 0.25) is 0 Å². The molecule has 3 aromatic carbocycles. The Hall–Kier alpha value is -1.00. The van der Waals surface area contributed by atoms with Gasteiger partial charge in [-0.15, -0.1) is 0 Å². The fraction of sp³-hybridized carbons (Fsp3) is 0.357. The molecule has 0 unspecified atom stereocenters. The Morgan fingerprint density at radius 2 is 1.06 bits per heavy atom. The second-order valence-corrected chi connectivity index (χ2v) is 10.6. The highest BCUT2D eigenvalue weighted by molar-refractivity contribution is 14.1. The third-order valence-electron chi connectivity index (χ3n) is 6.78. The molecule has 172 valence electrons. The summed E-state index contributed by atoms with van der Waals surface area (Å²) in [4.78, 5) is 0. The van der Waals surface area contributed by atoms with Gasteiger partial charge in [0.1, 0.15) is 12.2 Å². The van der Waals surface area contributed by atoms with Crippen molar-refractivity contribution in [1.29, 1.82) is 0 Å². The number of hydrogen-bond acceptors (Lipinski definition) is 3. The van der Waals surface area contributed by atoms with Crippen molar-refractivity contribution in [2.75, 3.05) is 8.86 Å². The van der Waals surface area contributed by atoms with Gasteiger partial charge in [-0.25, -0.2) is 0 Å². The van der Waals surface area contributed by atoms with Crippen LogP contribution in [0.5, 0.6) is 0 Å². The Morgan fingerprint density at radius 1 is 0.606 bits per heavy atom. The van der Waals surface area contributed by atoms with Crippen LogP contribution < -0.4 is 0 Å². The van der Waals surface area contributed by atoms with Crippen molar-refractivity contribution < 1.29 is 14.2 Å². The van der Waals surface area contributed by atoms with Gasteiger partial charge < -0.3 is 14.2 Å². The monoisotopic (exact) mass is 666 g/mol. The fourth-order valence-corrected chi connectivity index (χ4v) is 6.29. The summed E-state index contributed by atoms with van der Waals surface area (Å²) in [5, 5.41) is 0. The van der Waals surface area contributed by atoms with Crippen LogP contribution in [0.25, 0.3) is 0 Å². The zero-order chi connectivity index (χ0) is 22.7. The quantitative estimate of drug-likeness (QED) is 0.213. The number of hydrogen-bond donors (Lipinski definition) is 0. The third-order valence-corrected chi connectivity index (χ3v) is 8.75. The van der Waals surface area contributed by atoms with E-state index in [1.807, 2.05) is 12.1 Å². The second kappa shape index (κ2) is 10.7. The minimum atomic E-state index is -0.328. The molecule has 5 rings (SSSR count). The van der Waals surface area contributed by atoms with Crippen LogP contribution in [0.4, 0.5) is 0 Å². The molecular weight excluding hydrogens is 638 g/mol. The molecule has 0 saturated carbocycles. The van der Waals surface area contributed by atoms with Crippen LogP contribution in [-0.4, -0.2) is 27.4 Å². The van der Waals surface area contributed by atoms with E-state index >= 15 is 0 Å². The van der Waals surface area contributed by atoms with Gasteiger partial charge >= 0.3 is 0 Å². The summed E-state index contributed by atoms with van der Waals surface area (Å²) in [5.74, 6) is 0. The third kappa shape index (κ3) is 4.89. The average molecular weight is 666 g/mol. The molecule has 0 radical (unpaired) electrons. The van der Waals surface area contributed by atoms with Crippen LogP contribution in [0.15, 0.2) is 91.0 Å². The maximum absolute atomic E-state index is 7.00. The predicted molar refractivity (Wildman–Crippen MR) is 148 cm³/mol. The molecule has 0 N–H and O–H groups in total. The molecule has 2 aliphatic heterocycles. The molecule has 6 atom stereocenters. The molecule has 0 spiro atoms. The van der Waals surface area contributed by atoms with Crippen LogP contribution in [0.3, 0.4) is 0 Å². The van der Waals surface area contributed by atoms with Gasteiger partial charge in [0.25, 0.3) is 0 Å². The summed E-state index contributed by atoms with van der Waals surface area (Å²) in [6.07, 6.45) is 1.28. The van der Waals surface area contributed by atoms with E-state index in [2.05, 4.69) is 124 Å². The lowest BCUT2D eigenvalue weighted by Crippen LogP contribution is -2.45. The van der Waals surface area contributed by atoms with Crippen molar-refractivity contribution >= 4 is 45.2 Å². The van der Waals surface area contributed by atoms with E-state index in [1.165, 1.54) is 5.56 Å². The largest absolute Gasteiger partial charge is 0.366 e. The summed E-state index contributed by atoms with van der Waals surface area (Å²) < 4.78 is 22.4. The number of fused-ring (bicyclic) bond motifs is 1. The molecule has 0 aromatic heterocycles. The molecule has 33 heavy (non-hydrogen) atoms. The van der Waals surface area contributed by atoms with Crippen LogP contribution >= 0.6 is 45.2 Å². The first kappa shape index (κ1) is 23.7. The Morgan fingerprint density at radius 3 is 1.58 bits per heavy atom. The van der Waals surface area contributed by atoms with E-state index in [0.29, 0.717) is 0 Å². The van der Waals surface area contributed by atoms with E-state index in [9.17, 15) is 0 Å². The van der Waals surface area contributed by atoms with Crippen LogP contribution in [0, 0.1) is 0 Å². The number of alkyl halides is 2. The number of ether oxygens (including phenoxy) is 3. The molecule has 2 fully saturated rings. The lowest BCUT2D eigenvalue weighted by Gasteiger charge is -2.44. The maximum atomic E-state index is 7.00. The smallest absolute Gasteiger partial charge is 0.168 e. The minimum Gasteiger partial charge on any atom is -0.366 e. The first-order valence-corrected chi connectivity index (χ1v) is 14.5. The predicted octanol–water partition coefficient (Wildman–Crippen LogP) is 7.20. The maximum Gasteiger partial charge on any atom is 0.168 e. The van der Waals surface area contributed by atoms with E-state index in [1.54, 1.807) is 0 Å². The van der Waals surface area contributed by atoms with Gasteiger partial charge in [0, 0.05) is 8.86 Å². The zero-order valence-corrected chi connectivity index (χ0v) is 22.7. The normalized spacial score (nSPS) is 32.0. The van der Waals surface area contributed by atoms with E-state index < -0.39 is 0 Å². The number of halogens is 2. The summed E-state index contributed by atoms with van der Waals surface area (Å²) in [7, 11) is 0. The summed E-state index contributed by atoms with van der Waals surface area (Å²) in [5.41, 5.74) is 3.30. The van der Waals surface area contributed by atoms with Gasteiger partial charge in [0.2, 0.25) is 0 Å². The highest BCUT2D eigenvalue weighted by atomic mass is 127. The molecule has 2 saturated heterocycles. The summed E-state index contributed by atoms with van der Waals surface area (Å²) in [6, 6.07) is 31.7. The Balaban J connectivity index is 1.63. The van der Waals surface area contributed by atoms with E-state index in [-0.39, 0.29) is 36.1 Å². The van der Waals surface area contributed by atoms with Gasteiger partial charge in [0.15, 0.2) is 6.29 Å². The molecule has 0 bridgehead atoms. The highest BCUT2D eigenvalue weighted by Crippen LogP contribution is 2.52. The standard InChI is InChI=1S/C28H28I2O3/c29-18-23-16-28(22-14-8-3-9-15-22)17-24(19-30)32-27(28)33-26(21-12-6-2-7-13-21)25(31-23)20-10-4-1-5-11-20/h1-15,23-27H,16-19H2/t23-,24+,25+,26+,27+,28+/m0/s1. The molecule has 2 aliphatic rings. The molecular formula is C28H28I2O3. The lowest BCUT2D eigenvalue weighted by atomic mass is 9.73. The fourth-order valence-electron chi connectivity index (χ4n) is 5.25. The van der Waals surface area contributed by atoms with Gasteiger partial charge in [-0.2, -0.15) is 0 Å². The Bertz CT molecular complexity index is 1020. The van der Waals surface area contributed by atoms with Gasteiger partial charge in [-0.1, -0.05) is 136 Å². The van der Waals surface area contributed by atoms with Gasteiger partial charge in [0.05, 0.1) is 17.6 Å². The molecule has 3 nitrogen and oxygen atoms in total. The zero-order valence-electron chi connectivity index (χ0n) is 18.4. The Labute approximate surface area is 223 Å². The molecule has 0 aliphatic carbocycles.